The fourth-order valence-corrected chi connectivity index (χ4v) is 1.99. The summed E-state index contributed by atoms with van der Waals surface area (Å²) in [5, 5.41) is 14.1. The van der Waals surface area contributed by atoms with E-state index in [0.717, 1.165) is 0 Å². The van der Waals surface area contributed by atoms with Gasteiger partial charge < -0.3 is 21.5 Å². The summed E-state index contributed by atoms with van der Waals surface area (Å²) in [7, 11) is 0. The minimum atomic E-state index is -1.11. The summed E-state index contributed by atoms with van der Waals surface area (Å²) < 4.78 is 0. The number of hydrogen-bond acceptors (Lipinski definition) is 5. The van der Waals surface area contributed by atoms with Crippen molar-refractivity contribution < 1.29 is 19.5 Å². The lowest BCUT2D eigenvalue weighted by molar-refractivity contribution is -0.142. The minimum absolute atomic E-state index is 0.0520. The molecule has 0 spiro atoms. The van der Waals surface area contributed by atoms with E-state index in [-0.39, 0.29) is 17.6 Å². The quantitative estimate of drug-likeness (QED) is 0.380. The Morgan fingerprint density at radius 3 is 1.91 bits per heavy atom. The molecule has 2 amide bonds. The number of nitrogens with two attached hydrogens (primary N) is 1. The third-order valence-electron chi connectivity index (χ3n) is 3.16. The zero-order valence-corrected chi connectivity index (χ0v) is 14.4. The monoisotopic (exact) mass is 333 g/mol. The van der Waals surface area contributed by atoms with Crippen LogP contribution < -0.4 is 16.4 Å². The topological polar surface area (TPSA) is 122 Å². The Bertz CT molecular complexity index is 402. The van der Waals surface area contributed by atoms with Crippen LogP contribution in [0.1, 0.15) is 34.1 Å². The molecule has 8 heteroatoms. The zero-order chi connectivity index (χ0) is 17.4. The molecule has 0 bridgehead atoms. The molecule has 0 saturated carbocycles. The van der Waals surface area contributed by atoms with E-state index in [4.69, 9.17) is 10.8 Å². The number of carboxylic acids is 1. The van der Waals surface area contributed by atoms with E-state index < -0.39 is 35.9 Å². The summed E-state index contributed by atoms with van der Waals surface area (Å²) in [5.74, 6) is -2.05. The number of nitrogens with one attached hydrogen (secondary N) is 2. The molecule has 0 aromatic carbocycles. The Hall–Kier alpha value is -1.28. The summed E-state index contributed by atoms with van der Waals surface area (Å²) in [6.45, 7) is 7.31. The molecule has 0 aromatic rings. The van der Waals surface area contributed by atoms with E-state index >= 15 is 0 Å². The van der Waals surface area contributed by atoms with Gasteiger partial charge in [0.2, 0.25) is 11.8 Å². The number of carboxylic acid groups (broad SMARTS) is 1. The van der Waals surface area contributed by atoms with Gasteiger partial charge in [0.15, 0.2) is 0 Å². The van der Waals surface area contributed by atoms with Crippen LogP contribution in [0.2, 0.25) is 0 Å². The summed E-state index contributed by atoms with van der Waals surface area (Å²) in [4.78, 5) is 35.2. The average Bonchev–Trinajstić information content (AvgIpc) is 2.41. The summed E-state index contributed by atoms with van der Waals surface area (Å²) in [6.07, 6.45) is 0.305. The first-order valence-electron chi connectivity index (χ1n) is 7.30. The summed E-state index contributed by atoms with van der Waals surface area (Å²) in [5.41, 5.74) is 5.72. The van der Waals surface area contributed by atoms with Crippen molar-refractivity contribution in [2.75, 3.05) is 5.75 Å². The highest BCUT2D eigenvalue weighted by Gasteiger charge is 2.28. The molecule has 0 aromatic heterocycles. The van der Waals surface area contributed by atoms with Gasteiger partial charge in [-0.2, -0.15) is 12.6 Å². The zero-order valence-electron chi connectivity index (χ0n) is 13.5. The largest absolute Gasteiger partial charge is 0.480 e. The van der Waals surface area contributed by atoms with E-state index in [1.807, 2.05) is 13.8 Å². The van der Waals surface area contributed by atoms with Crippen molar-refractivity contribution in [3.8, 4) is 0 Å². The minimum Gasteiger partial charge on any atom is -0.480 e. The maximum Gasteiger partial charge on any atom is 0.326 e. The number of rotatable bonds is 9. The van der Waals surface area contributed by atoms with Crippen LogP contribution in [-0.2, 0) is 14.4 Å². The highest BCUT2D eigenvalue weighted by Crippen LogP contribution is 2.06. The third kappa shape index (κ3) is 7.13. The van der Waals surface area contributed by atoms with Crippen molar-refractivity contribution in [2.24, 2.45) is 17.6 Å². The highest BCUT2D eigenvalue weighted by molar-refractivity contribution is 7.80. The van der Waals surface area contributed by atoms with Crippen molar-refractivity contribution >= 4 is 30.4 Å². The molecular weight excluding hydrogens is 306 g/mol. The average molecular weight is 333 g/mol. The second-order valence-corrected chi connectivity index (χ2v) is 6.41. The Labute approximate surface area is 136 Å². The standard InChI is InChI=1S/C14H27N3O4S/c1-7(2)5-9(14(20)21)16-12(18)10(6-22)17-13(19)11(15)8(3)4/h7-11,22H,5-6,15H2,1-4H3,(H,16,18)(H,17,19)(H,20,21). The number of carbonyl (C=O) groups excluding carboxylic acids is 2. The maximum absolute atomic E-state index is 12.1. The van der Waals surface area contributed by atoms with Crippen LogP contribution in [0.15, 0.2) is 0 Å². The Balaban J connectivity index is 4.76. The summed E-state index contributed by atoms with van der Waals surface area (Å²) >= 11 is 4.03. The number of amides is 2. The molecule has 7 nitrogen and oxygen atoms in total. The second kappa shape index (κ2) is 9.68. The molecule has 0 radical (unpaired) electrons. The van der Waals surface area contributed by atoms with Crippen LogP contribution >= 0.6 is 12.6 Å². The van der Waals surface area contributed by atoms with E-state index in [2.05, 4.69) is 23.3 Å². The van der Waals surface area contributed by atoms with Crippen LogP contribution in [0, 0.1) is 11.8 Å². The van der Waals surface area contributed by atoms with Gasteiger partial charge in [0.1, 0.15) is 12.1 Å². The van der Waals surface area contributed by atoms with E-state index in [0.29, 0.717) is 6.42 Å². The molecule has 0 saturated heterocycles. The lowest BCUT2D eigenvalue weighted by Crippen LogP contribution is -2.56. The maximum atomic E-state index is 12.1. The number of hydrogen-bond donors (Lipinski definition) is 5. The Morgan fingerprint density at radius 1 is 1.05 bits per heavy atom. The van der Waals surface area contributed by atoms with Crippen LogP contribution in [0.3, 0.4) is 0 Å². The van der Waals surface area contributed by atoms with Crippen molar-refractivity contribution in [1.82, 2.24) is 10.6 Å². The van der Waals surface area contributed by atoms with Crippen molar-refractivity contribution in [2.45, 2.75) is 52.2 Å². The van der Waals surface area contributed by atoms with Gasteiger partial charge in [-0.15, -0.1) is 0 Å². The first-order valence-corrected chi connectivity index (χ1v) is 7.93. The van der Waals surface area contributed by atoms with Crippen LogP contribution in [0.5, 0.6) is 0 Å². The van der Waals surface area contributed by atoms with Gasteiger partial charge in [0.25, 0.3) is 0 Å². The van der Waals surface area contributed by atoms with Crippen molar-refractivity contribution in [3.63, 3.8) is 0 Å². The van der Waals surface area contributed by atoms with Gasteiger partial charge >= 0.3 is 5.97 Å². The van der Waals surface area contributed by atoms with Gasteiger partial charge in [-0.3, -0.25) is 9.59 Å². The normalized spacial score (nSPS) is 15.3. The lowest BCUT2D eigenvalue weighted by Gasteiger charge is -2.23. The van der Waals surface area contributed by atoms with E-state index in [9.17, 15) is 14.4 Å². The Kier molecular flexibility index (Phi) is 9.12. The first-order chi connectivity index (χ1) is 10.1. The smallest absolute Gasteiger partial charge is 0.326 e. The molecule has 0 aliphatic heterocycles. The SMILES string of the molecule is CC(C)CC(NC(=O)C(CS)NC(=O)C(N)C(C)C)C(=O)O. The third-order valence-corrected chi connectivity index (χ3v) is 3.52. The molecule has 0 aliphatic rings. The Morgan fingerprint density at radius 2 is 1.55 bits per heavy atom. The number of carbonyl (C=O) groups is 3. The van der Waals surface area contributed by atoms with E-state index in [1.54, 1.807) is 13.8 Å². The van der Waals surface area contributed by atoms with Crippen LogP contribution in [-0.4, -0.2) is 46.8 Å². The van der Waals surface area contributed by atoms with Gasteiger partial charge in [-0.05, 0) is 18.3 Å². The molecule has 5 N–H and O–H groups in total. The van der Waals surface area contributed by atoms with Gasteiger partial charge in [0.05, 0.1) is 6.04 Å². The molecule has 3 atom stereocenters. The molecule has 0 fully saturated rings. The van der Waals surface area contributed by atoms with Gasteiger partial charge in [-0.25, -0.2) is 4.79 Å². The molecule has 0 rings (SSSR count). The van der Waals surface area contributed by atoms with Crippen LogP contribution in [0.4, 0.5) is 0 Å². The fourth-order valence-electron chi connectivity index (χ4n) is 1.73. The van der Waals surface area contributed by atoms with Crippen molar-refractivity contribution in [3.05, 3.63) is 0 Å². The molecule has 22 heavy (non-hydrogen) atoms. The molecular formula is C14H27N3O4S. The lowest BCUT2D eigenvalue weighted by atomic mass is 10.0. The van der Waals surface area contributed by atoms with Crippen LogP contribution in [0.25, 0.3) is 0 Å². The number of aliphatic carboxylic acids is 1. The first kappa shape index (κ1) is 20.7. The van der Waals surface area contributed by atoms with Crippen molar-refractivity contribution in [1.29, 1.82) is 0 Å². The summed E-state index contributed by atoms with van der Waals surface area (Å²) in [6, 6.07) is -2.65. The molecule has 128 valence electrons. The fraction of sp³-hybridized carbons (Fsp3) is 0.786. The van der Waals surface area contributed by atoms with Gasteiger partial charge in [0, 0.05) is 5.75 Å². The second-order valence-electron chi connectivity index (χ2n) is 6.04. The highest BCUT2D eigenvalue weighted by atomic mass is 32.1. The van der Waals surface area contributed by atoms with Gasteiger partial charge in [-0.1, -0.05) is 27.7 Å². The molecule has 0 heterocycles. The van der Waals surface area contributed by atoms with E-state index in [1.165, 1.54) is 0 Å². The molecule has 3 unspecified atom stereocenters. The predicted octanol–water partition coefficient (Wildman–Crippen LogP) is -0.000200. The molecule has 0 aliphatic carbocycles. The number of thiol groups is 1. The predicted molar refractivity (Wildman–Crippen MR) is 87.6 cm³/mol.